The van der Waals surface area contributed by atoms with Gasteiger partial charge in [-0.3, -0.25) is 10.1 Å². The van der Waals surface area contributed by atoms with E-state index in [-0.39, 0.29) is 11.9 Å². The van der Waals surface area contributed by atoms with Crippen molar-refractivity contribution < 1.29 is 9.53 Å². The molecular formula is C26H27N5O2. The van der Waals surface area contributed by atoms with E-state index in [4.69, 9.17) is 4.74 Å². The number of nitrogens with one attached hydrogen (secondary N) is 2. The molecule has 4 rings (SSSR count). The van der Waals surface area contributed by atoms with Crippen LogP contribution >= 0.6 is 0 Å². The maximum atomic E-state index is 13.4. The van der Waals surface area contributed by atoms with Gasteiger partial charge in [0.2, 0.25) is 5.91 Å². The summed E-state index contributed by atoms with van der Waals surface area (Å²) in [5.41, 5.74) is 4.55. The smallest absolute Gasteiger partial charge is 0.246 e. The van der Waals surface area contributed by atoms with E-state index in [2.05, 4.69) is 20.7 Å². The van der Waals surface area contributed by atoms with E-state index in [9.17, 15) is 4.79 Å². The molecule has 1 heterocycles. The van der Waals surface area contributed by atoms with E-state index in [0.29, 0.717) is 11.4 Å². The Morgan fingerprint density at radius 3 is 2.42 bits per heavy atom. The van der Waals surface area contributed by atoms with Crippen LogP contribution in [0.2, 0.25) is 0 Å². The van der Waals surface area contributed by atoms with Crippen LogP contribution in [0, 0.1) is 6.92 Å². The molecule has 0 saturated carbocycles. The van der Waals surface area contributed by atoms with Gasteiger partial charge in [-0.05, 0) is 54.8 Å². The predicted molar refractivity (Wildman–Crippen MR) is 128 cm³/mol. The van der Waals surface area contributed by atoms with Crippen molar-refractivity contribution in [1.29, 1.82) is 0 Å². The summed E-state index contributed by atoms with van der Waals surface area (Å²) in [5.74, 6) is 0.466. The zero-order chi connectivity index (χ0) is 23.2. The second kappa shape index (κ2) is 10.1. The van der Waals surface area contributed by atoms with Gasteiger partial charge in [-0.15, -0.1) is 0 Å². The number of nitrogens with zero attached hydrogens (tertiary/aromatic N) is 3. The summed E-state index contributed by atoms with van der Waals surface area (Å²) in [7, 11) is 1.60. The zero-order valence-electron chi connectivity index (χ0n) is 18.9. The molecule has 0 bridgehead atoms. The first kappa shape index (κ1) is 22.2. The third kappa shape index (κ3) is 5.27. The van der Waals surface area contributed by atoms with Crippen molar-refractivity contribution >= 4 is 11.6 Å². The quantitative estimate of drug-likeness (QED) is 0.417. The standard InChI is InChI=1S/C26H27N5O2/c1-18-9-14-24(33-3)23(15-18)30-26(32)25(21-7-5-4-6-8-21)29-19(2)20-10-12-22(13-11-20)31-17-27-16-28-31/h4-17,19,25,29H,1-3H3,(H,30,32)/t19-,25+/m0/s1. The fourth-order valence-corrected chi connectivity index (χ4v) is 3.70. The van der Waals surface area contributed by atoms with Crippen LogP contribution in [-0.2, 0) is 4.79 Å². The van der Waals surface area contributed by atoms with Gasteiger partial charge in [0, 0.05) is 6.04 Å². The Bertz CT molecular complexity index is 1190. The average molecular weight is 442 g/mol. The molecule has 0 fully saturated rings. The van der Waals surface area contributed by atoms with Gasteiger partial charge >= 0.3 is 0 Å². The number of aryl methyl sites for hydroxylation is 1. The van der Waals surface area contributed by atoms with Crippen LogP contribution in [0.25, 0.3) is 5.69 Å². The van der Waals surface area contributed by atoms with Crippen LogP contribution in [0.3, 0.4) is 0 Å². The number of aromatic nitrogens is 3. The van der Waals surface area contributed by atoms with Crippen molar-refractivity contribution in [1.82, 2.24) is 20.1 Å². The lowest BCUT2D eigenvalue weighted by Crippen LogP contribution is -2.34. The highest BCUT2D eigenvalue weighted by molar-refractivity contribution is 5.96. The molecule has 0 aliphatic heterocycles. The lowest BCUT2D eigenvalue weighted by molar-refractivity contribution is -0.118. The van der Waals surface area contributed by atoms with Gasteiger partial charge in [0.05, 0.1) is 18.5 Å². The number of hydrogen-bond acceptors (Lipinski definition) is 5. The lowest BCUT2D eigenvalue weighted by Gasteiger charge is -2.24. The number of amides is 1. The van der Waals surface area contributed by atoms with Crippen LogP contribution in [0.15, 0.2) is 85.5 Å². The summed E-state index contributed by atoms with van der Waals surface area (Å²) in [6, 6.07) is 22.8. The first-order chi connectivity index (χ1) is 16.0. The number of ether oxygens (including phenoxy) is 1. The molecule has 1 amide bonds. The van der Waals surface area contributed by atoms with Crippen LogP contribution in [0.1, 0.15) is 35.7 Å². The summed E-state index contributed by atoms with van der Waals surface area (Å²) >= 11 is 0. The minimum atomic E-state index is -0.554. The third-order valence-corrected chi connectivity index (χ3v) is 5.50. The molecule has 0 spiro atoms. The number of carbonyl (C=O) groups is 1. The lowest BCUT2D eigenvalue weighted by atomic mass is 10.0. The van der Waals surface area contributed by atoms with Gasteiger partial charge in [-0.2, -0.15) is 5.10 Å². The molecule has 7 heteroatoms. The molecule has 4 aromatic rings. The Morgan fingerprint density at radius 2 is 1.76 bits per heavy atom. The molecule has 2 N–H and O–H groups in total. The Kier molecular flexibility index (Phi) is 6.80. The third-order valence-electron chi connectivity index (χ3n) is 5.50. The van der Waals surface area contributed by atoms with Crippen molar-refractivity contribution in [2.75, 3.05) is 12.4 Å². The monoisotopic (exact) mass is 441 g/mol. The number of methoxy groups -OCH3 is 1. The topological polar surface area (TPSA) is 81.1 Å². The van der Waals surface area contributed by atoms with E-state index >= 15 is 0 Å². The molecule has 33 heavy (non-hydrogen) atoms. The Morgan fingerprint density at radius 1 is 1.00 bits per heavy atom. The highest BCUT2D eigenvalue weighted by atomic mass is 16.5. The van der Waals surface area contributed by atoms with Gasteiger partial charge in [0.1, 0.15) is 24.4 Å². The van der Waals surface area contributed by atoms with E-state index in [1.165, 1.54) is 6.33 Å². The van der Waals surface area contributed by atoms with Crippen LogP contribution < -0.4 is 15.4 Å². The molecule has 1 aromatic heterocycles. The van der Waals surface area contributed by atoms with Crippen molar-refractivity contribution in [3.05, 3.63) is 102 Å². The Hall–Kier alpha value is -3.97. The molecule has 2 atom stereocenters. The van der Waals surface area contributed by atoms with Gasteiger partial charge in [-0.1, -0.05) is 48.5 Å². The van der Waals surface area contributed by atoms with Crippen molar-refractivity contribution in [3.8, 4) is 11.4 Å². The summed E-state index contributed by atoms with van der Waals surface area (Å²) in [6.07, 6.45) is 3.16. The second-order valence-electron chi connectivity index (χ2n) is 7.86. The second-order valence-corrected chi connectivity index (χ2v) is 7.86. The molecule has 0 aliphatic carbocycles. The number of rotatable bonds is 8. The van der Waals surface area contributed by atoms with Crippen molar-refractivity contribution in [3.63, 3.8) is 0 Å². The predicted octanol–water partition coefficient (Wildman–Crippen LogP) is 4.61. The first-order valence-corrected chi connectivity index (χ1v) is 10.8. The molecule has 3 aromatic carbocycles. The summed E-state index contributed by atoms with van der Waals surface area (Å²) in [4.78, 5) is 17.4. The normalized spacial score (nSPS) is 12.7. The largest absolute Gasteiger partial charge is 0.495 e. The van der Waals surface area contributed by atoms with E-state index in [0.717, 1.165) is 22.4 Å². The molecule has 0 unspecified atom stereocenters. The maximum absolute atomic E-state index is 13.4. The summed E-state index contributed by atoms with van der Waals surface area (Å²) in [6.45, 7) is 4.02. The van der Waals surface area contributed by atoms with Crippen LogP contribution in [0.5, 0.6) is 5.75 Å². The SMILES string of the molecule is COc1ccc(C)cc1NC(=O)[C@H](N[C@@H](C)c1ccc(-n2cncn2)cc1)c1ccccc1. The van der Waals surface area contributed by atoms with Crippen LogP contribution in [-0.4, -0.2) is 27.8 Å². The fraction of sp³-hybridized carbons (Fsp3) is 0.192. The number of anilines is 1. The first-order valence-electron chi connectivity index (χ1n) is 10.8. The molecule has 0 radical (unpaired) electrons. The van der Waals surface area contributed by atoms with Gasteiger partial charge in [0.25, 0.3) is 0 Å². The molecular weight excluding hydrogens is 414 g/mol. The molecule has 168 valence electrons. The molecule has 0 aliphatic rings. The summed E-state index contributed by atoms with van der Waals surface area (Å²) < 4.78 is 7.14. The van der Waals surface area contributed by atoms with Crippen molar-refractivity contribution in [2.45, 2.75) is 25.9 Å². The Balaban J connectivity index is 1.56. The minimum Gasteiger partial charge on any atom is -0.495 e. The molecule has 0 saturated heterocycles. The van der Waals surface area contributed by atoms with E-state index in [1.807, 2.05) is 86.6 Å². The van der Waals surface area contributed by atoms with Gasteiger partial charge in [-0.25, -0.2) is 9.67 Å². The zero-order valence-corrected chi connectivity index (χ0v) is 18.9. The number of hydrogen-bond donors (Lipinski definition) is 2. The Labute approximate surface area is 193 Å². The average Bonchev–Trinajstić information content (AvgIpc) is 3.38. The summed E-state index contributed by atoms with van der Waals surface area (Å²) in [5, 5.41) is 10.7. The fourth-order valence-electron chi connectivity index (χ4n) is 3.70. The van der Waals surface area contributed by atoms with Gasteiger partial charge in [0.15, 0.2) is 0 Å². The van der Waals surface area contributed by atoms with Crippen LogP contribution in [0.4, 0.5) is 5.69 Å². The highest BCUT2D eigenvalue weighted by Crippen LogP contribution is 2.28. The number of carbonyl (C=O) groups excluding carboxylic acids is 1. The minimum absolute atomic E-state index is 0.0786. The molecule has 7 nitrogen and oxygen atoms in total. The highest BCUT2D eigenvalue weighted by Gasteiger charge is 2.24. The van der Waals surface area contributed by atoms with Crippen molar-refractivity contribution in [2.24, 2.45) is 0 Å². The van der Waals surface area contributed by atoms with E-state index in [1.54, 1.807) is 18.1 Å². The number of benzene rings is 3. The van der Waals surface area contributed by atoms with Gasteiger partial charge < -0.3 is 10.1 Å². The maximum Gasteiger partial charge on any atom is 0.246 e. The van der Waals surface area contributed by atoms with E-state index < -0.39 is 6.04 Å².